The predicted molar refractivity (Wildman–Crippen MR) is 164 cm³/mol. The minimum absolute atomic E-state index is 0.732. The number of allylic oxidation sites excluding steroid dienone is 1. The highest BCUT2D eigenvalue weighted by Crippen LogP contribution is 2.30. The quantitative estimate of drug-likeness (QED) is 0.266. The van der Waals surface area contributed by atoms with Crippen LogP contribution in [0.15, 0.2) is 73.7 Å². The number of piperidine rings is 1. The van der Waals surface area contributed by atoms with Gasteiger partial charge in [-0.3, -0.25) is 10.1 Å². The van der Waals surface area contributed by atoms with Crippen LogP contribution in [0.4, 0.5) is 5.69 Å². The molecule has 1 fully saturated rings. The maximum absolute atomic E-state index is 4.70. The van der Waals surface area contributed by atoms with Gasteiger partial charge in [0, 0.05) is 61.1 Å². The molecule has 0 unspecified atom stereocenters. The van der Waals surface area contributed by atoms with Crippen LogP contribution in [0.1, 0.15) is 42.9 Å². The molecule has 6 rings (SSSR count). The monoisotopic (exact) mass is 529 g/mol. The van der Waals surface area contributed by atoms with Crippen LogP contribution in [-0.4, -0.2) is 38.2 Å². The molecule has 0 bridgehead atoms. The number of fused-ring (bicyclic) bond motifs is 1. The van der Waals surface area contributed by atoms with Crippen molar-refractivity contribution in [3.05, 3.63) is 101 Å². The molecule has 40 heavy (non-hydrogen) atoms. The van der Waals surface area contributed by atoms with E-state index in [4.69, 9.17) is 5.10 Å². The molecule has 0 saturated carbocycles. The number of benzene rings is 1. The van der Waals surface area contributed by atoms with Gasteiger partial charge >= 0.3 is 0 Å². The molecule has 4 aromatic heterocycles. The van der Waals surface area contributed by atoms with Gasteiger partial charge in [0.05, 0.1) is 11.0 Å². The molecule has 1 aliphatic rings. The highest BCUT2D eigenvalue weighted by Gasteiger charge is 2.17. The first-order valence-electron chi connectivity index (χ1n) is 14.0. The van der Waals surface area contributed by atoms with E-state index < -0.39 is 0 Å². The number of pyridine rings is 2. The number of anilines is 1. The lowest BCUT2D eigenvalue weighted by atomic mass is 10.1. The number of aromatic amines is 2. The summed E-state index contributed by atoms with van der Waals surface area (Å²) in [6.45, 7) is 10.1. The van der Waals surface area contributed by atoms with Crippen LogP contribution in [0.3, 0.4) is 0 Å². The SMILES string of the molecule is C=C(/C=c1/c(-c2cc3c(N4CCCCC4)ccnc3[nH]2)n[nH]/c1=C/C)c1cncc(CNCc2ccccc2)c1. The van der Waals surface area contributed by atoms with Gasteiger partial charge in [-0.05, 0) is 72.7 Å². The second kappa shape index (κ2) is 11.7. The highest BCUT2D eigenvalue weighted by molar-refractivity contribution is 5.94. The summed E-state index contributed by atoms with van der Waals surface area (Å²) >= 11 is 0. The van der Waals surface area contributed by atoms with Crippen LogP contribution in [0.2, 0.25) is 0 Å². The van der Waals surface area contributed by atoms with Crippen LogP contribution in [0.25, 0.3) is 40.1 Å². The van der Waals surface area contributed by atoms with E-state index in [9.17, 15) is 0 Å². The Bertz CT molecular complexity index is 1740. The number of H-pyrrole nitrogens is 2. The van der Waals surface area contributed by atoms with Gasteiger partial charge in [-0.25, -0.2) is 4.98 Å². The standard InChI is InChI=1S/C33H35N7/c1-3-29-27(16-23(2)26-17-25(21-35-22-26)20-34-19-24-10-6-4-7-11-24)32(39-38-29)30-18-28-31(12-13-36-33(28)37-30)40-14-8-5-9-15-40/h3-4,6-7,10-13,16-18,21-22,34,38H,2,5,8-9,14-15,19-20H2,1H3,(H,36,37)/b27-16+,29-3+. The number of hydrogen-bond donors (Lipinski definition) is 3. The Balaban J connectivity index is 1.28. The van der Waals surface area contributed by atoms with Crippen molar-refractivity contribution in [1.82, 2.24) is 30.5 Å². The molecule has 0 spiro atoms. The minimum atomic E-state index is 0.732. The lowest BCUT2D eigenvalue weighted by molar-refractivity contribution is 0.579. The van der Waals surface area contributed by atoms with Crippen molar-refractivity contribution in [2.45, 2.75) is 39.3 Å². The summed E-state index contributed by atoms with van der Waals surface area (Å²) in [5.74, 6) is 0. The highest BCUT2D eigenvalue weighted by atomic mass is 15.1. The van der Waals surface area contributed by atoms with Crippen molar-refractivity contribution < 1.29 is 0 Å². The molecule has 202 valence electrons. The van der Waals surface area contributed by atoms with Gasteiger partial charge in [0.25, 0.3) is 0 Å². The van der Waals surface area contributed by atoms with Gasteiger partial charge in [0.2, 0.25) is 0 Å². The van der Waals surface area contributed by atoms with E-state index in [1.54, 1.807) is 0 Å². The first-order chi connectivity index (χ1) is 19.7. The molecule has 7 nitrogen and oxygen atoms in total. The Morgan fingerprint density at radius 3 is 2.67 bits per heavy atom. The van der Waals surface area contributed by atoms with E-state index >= 15 is 0 Å². The molecule has 0 atom stereocenters. The van der Waals surface area contributed by atoms with Gasteiger partial charge in [-0.2, -0.15) is 5.10 Å². The molecular weight excluding hydrogens is 494 g/mol. The van der Waals surface area contributed by atoms with Crippen LogP contribution < -0.4 is 20.8 Å². The van der Waals surface area contributed by atoms with Gasteiger partial charge in [-0.15, -0.1) is 0 Å². The van der Waals surface area contributed by atoms with Crippen molar-refractivity contribution >= 4 is 34.4 Å². The lowest BCUT2D eigenvalue weighted by Crippen LogP contribution is -2.29. The topological polar surface area (TPSA) is 85.5 Å². The molecule has 5 aromatic rings. The van der Waals surface area contributed by atoms with Crippen molar-refractivity contribution in [3.8, 4) is 11.4 Å². The van der Waals surface area contributed by atoms with Crippen molar-refractivity contribution in [1.29, 1.82) is 0 Å². The van der Waals surface area contributed by atoms with Gasteiger partial charge in [0.1, 0.15) is 11.3 Å². The van der Waals surface area contributed by atoms with Gasteiger partial charge in [0.15, 0.2) is 0 Å². The molecule has 3 N–H and O–H groups in total. The van der Waals surface area contributed by atoms with E-state index in [1.165, 1.54) is 30.5 Å². The average Bonchev–Trinajstić information content (AvgIpc) is 3.62. The van der Waals surface area contributed by atoms with Gasteiger partial charge < -0.3 is 15.2 Å². The predicted octanol–water partition coefficient (Wildman–Crippen LogP) is 4.92. The zero-order chi connectivity index (χ0) is 27.3. The van der Waals surface area contributed by atoms with Crippen molar-refractivity contribution in [2.24, 2.45) is 0 Å². The summed E-state index contributed by atoms with van der Waals surface area (Å²) in [6, 6.07) is 16.9. The molecule has 0 aliphatic carbocycles. The van der Waals surface area contributed by atoms with Crippen LogP contribution >= 0.6 is 0 Å². The lowest BCUT2D eigenvalue weighted by Gasteiger charge is -2.29. The van der Waals surface area contributed by atoms with E-state index in [-0.39, 0.29) is 0 Å². The second-order valence-electron chi connectivity index (χ2n) is 10.4. The van der Waals surface area contributed by atoms with Crippen molar-refractivity contribution in [3.63, 3.8) is 0 Å². The van der Waals surface area contributed by atoms with Crippen molar-refractivity contribution in [2.75, 3.05) is 18.0 Å². The maximum Gasteiger partial charge on any atom is 0.139 e. The smallest absolute Gasteiger partial charge is 0.139 e. The third kappa shape index (κ3) is 5.46. The Hall–Kier alpha value is -4.49. The third-order valence-electron chi connectivity index (χ3n) is 7.57. The summed E-state index contributed by atoms with van der Waals surface area (Å²) in [6.07, 6.45) is 13.6. The summed E-state index contributed by atoms with van der Waals surface area (Å²) < 4.78 is 0. The van der Waals surface area contributed by atoms with Crippen LogP contribution in [-0.2, 0) is 13.1 Å². The molecule has 1 aliphatic heterocycles. The number of aromatic nitrogens is 5. The summed E-state index contributed by atoms with van der Waals surface area (Å²) in [7, 11) is 0. The molecular formula is C33H35N7. The fourth-order valence-corrected chi connectivity index (χ4v) is 5.45. The average molecular weight is 530 g/mol. The Morgan fingerprint density at radius 1 is 1.02 bits per heavy atom. The maximum atomic E-state index is 4.70. The molecule has 0 radical (unpaired) electrons. The molecule has 5 heterocycles. The molecule has 1 aromatic carbocycles. The Morgan fingerprint density at radius 2 is 1.85 bits per heavy atom. The second-order valence-corrected chi connectivity index (χ2v) is 10.4. The zero-order valence-electron chi connectivity index (χ0n) is 23.0. The van der Waals surface area contributed by atoms with E-state index in [0.29, 0.717) is 0 Å². The van der Waals surface area contributed by atoms with E-state index in [0.717, 1.165) is 75.9 Å². The summed E-state index contributed by atoms with van der Waals surface area (Å²) in [4.78, 5) is 15.1. The fourth-order valence-electron chi connectivity index (χ4n) is 5.45. The number of hydrogen-bond acceptors (Lipinski definition) is 5. The Kier molecular flexibility index (Phi) is 7.55. The van der Waals surface area contributed by atoms with Crippen LogP contribution in [0, 0.1) is 0 Å². The first kappa shape index (κ1) is 25.8. The molecule has 7 heteroatoms. The van der Waals surface area contributed by atoms with E-state index in [1.807, 2.05) is 37.7 Å². The third-order valence-corrected chi connectivity index (χ3v) is 7.57. The van der Waals surface area contributed by atoms with E-state index in [2.05, 4.69) is 85.4 Å². The molecule has 0 amide bonds. The minimum Gasteiger partial charge on any atom is -0.371 e. The largest absolute Gasteiger partial charge is 0.371 e. The Labute approximate surface area is 234 Å². The summed E-state index contributed by atoms with van der Waals surface area (Å²) in [5.41, 5.74) is 8.15. The number of nitrogens with zero attached hydrogens (tertiary/aromatic N) is 4. The van der Waals surface area contributed by atoms with Gasteiger partial charge in [-0.1, -0.05) is 43.0 Å². The number of nitrogens with one attached hydrogen (secondary N) is 3. The number of rotatable bonds is 8. The normalized spacial score (nSPS) is 14.8. The zero-order valence-corrected chi connectivity index (χ0v) is 23.0. The first-order valence-corrected chi connectivity index (χ1v) is 14.0. The summed E-state index contributed by atoms with van der Waals surface area (Å²) in [5, 5.41) is 14.5. The van der Waals surface area contributed by atoms with Crippen LogP contribution in [0.5, 0.6) is 0 Å². The fraction of sp³-hybridized carbons (Fsp3) is 0.242. The molecule has 1 saturated heterocycles.